The zero-order valence-electron chi connectivity index (χ0n) is 11.0. The molecule has 0 heterocycles. The van der Waals surface area contributed by atoms with Crippen molar-refractivity contribution in [1.29, 1.82) is 0 Å². The quantitative estimate of drug-likeness (QED) is 0.695. The second-order valence-corrected chi connectivity index (χ2v) is 6.51. The fraction of sp³-hybridized carbons (Fsp3) is 0.500. The van der Waals surface area contributed by atoms with Gasteiger partial charge in [-0.3, -0.25) is 0 Å². The van der Waals surface area contributed by atoms with E-state index in [9.17, 15) is 8.42 Å². The van der Waals surface area contributed by atoms with Crippen molar-refractivity contribution in [2.24, 2.45) is 0 Å². The Kier molecular flexibility index (Phi) is 3.98. The van der Waals surface area contributed by atoms with Crippen LogP contribution in [0.2, 0.25) is 0 Å². The van der Waals surface area contributed by atoms with E-state index in [0.717, 1.165) is 18.5 Å². The van der Waals surface area contributed by atoms with Crippen molar-refractivity contribution in [3.63, 3.8) is 0 Å². The Bertz CT molecular complexity index is 553. The number of nitrogen functional groups attached to an aromatic ring is 1. The Morgan fingerprint density at radius 2 is 2.05 bits per heavy atom. The maximum atomic E-state index is 11.6. The number of nitrogens with one attached hydrogen (secondary N) is 2. The van der Waals surface area contributed by atoms with Gasteiger partial charge in [0, 0.05) is 13.2 Å². The van der Waals surface area contributed by atoms with Gasteiger partial charge in [0.05, 0.1) is 22.4 Å². The average Bonchev–Trinajstić information content (AvgIpc) is 2.34. The number of hydrogen-bond donors (Lipinski definition) is 3. The summed E-state index contributed by atoms with van der Waals surface area (Å²) >= 11 is 0. The molecule has 1 aromatic carbocycles. The molecule has 0 amide bonds. The van der Waals surface area contributed by atoms with Gasteiger partial charge in [0.2, 0.25) is 10.0 Å². The topological polar surface area (TPSA) is 93.5 Å². The summed E-state index contributed by atoms with van der Waals surface area (Å²) in [5.41, 5.74) is 7.07. The number of methoxy groups -OCH3 is 1. The minimum absolute atomic E-state index is 0.168. The number of sulfonamides is 1. The molecule has 0 spiro atoms. The predicted molar refractivity (Wildman–Crippen MR) is 74.5 cm³/mol. The largest absolute Gasteiger partial charge is 0.397 e. The maximum absolute atomic E-state index is 11.6. The molecule has 0 aromatic heterocycles. The lowest BCUT2D eigenvalue weighted by molar-refractivity contribution is 0.0329. The van der Waals surface area contributed by atoms with Gasteiger partial charge in [-0.2, -0.15) is 0 Å². The normalized spacial score (nSPS) is 22.8. The van der Waals surface area contributed by atoms with E-state index in [-0.39, 0.29) is 4.90 Å². The van der Waals surface area contributed by atoms with Crippen molar-refractivity contribution in [1.82, 2.24) is 4.72 Å². The average molecular weight is 285 g/mol. The van der Waals surface area contributed by atoms with Gasteiger partial charge >= 0.3 is 0 Å². The van der Waals surface area contributed by atoms with Crippen LogP contribution in [0.15, 0.2) is 23.1 Å². The van der Waals surface area contributed by atoms with E-state index in [1.165, 1.54) is 19.2 Å². The fourth-order valence-electron chi connectivity index (χ4n) is 2.05. The number of nitrogens with two attached hydrogens (primary N) is 1. The lowest BCUT2D eigenvalue weighted by Gasteiger charge is -2.35. The van der Waals surface area contributed by atoms with Crippen LogP contribution in [0, 0.1) is 0 Å². The highest BCUT2D eigenvalue weighted by Gasteiger charge is 2.29. The molecular weight excluding hydrogens is 266 g/mol. The highest BCUT2D eigenvalue weighted by molar-refractivity contribution is 7.89. The van der Waals surface area contributed by atoms with Crippen LogP contribution in [0.5, 0.6) is 0 Å². The van der Waals surface area contributed by atoms with Crippen LogP contribution in [0.4, 0.5) is 11.4 Å². The van der Waals surface area contributed by atoms with Crippen LogP contribution in [-0.4, -0.2) is 34.7 Å². The molecule has 1 aliphatic rings. The molecule has 2 rings (SSSR count). The van der Waals surface area contributed by atoms with Crippen molar-refractivity contribution in [3.05, 3.63) is 18.2 Å². The van der Waals surface area contributed by atoms with Gasteiger partial charge in [0.25, 0.3) is 0 Å². The van der Waals surface area contributed by atoms with Crippen molar-refractivity contribution in [2.45, 2.75) is 29.9 Å². The third-order valence-corrected chi connectivity index (χ3v) is 4.80. The Balaban J connectivity index is 2.08. The summed E-state index contributed by atoms with van der Waals surface area (Å²) in [6.45, 7) is 0. The lowest BCUT2D eigenvalue weighted by Crippen LogP contribution is -2.40. The molecule has 0 atom stereocenters. The number of ether oxygens (including phenoxy) is 1. The van der Waals surface area contributed by atoms with Gasteiger partial charge < -0.3 is 15.8 Å². The van der Waals surface area contributed by atoms with Crippen molar-refractivity contribution >= 4 is 21.4 Å². The molecule has 1 saturated carbocycles. The van der Waals surface area contributed by atoms with E-state index in [1.54, 1.807) is 13.2 Å². The molecular formula is C12H19N3O3S. The summed E-state index contributed by atoms with van der Waals surface area (Å²) < 4.78 is 30.7. The standard InChI is InChI=1S/C12H19N3O3S/c1-14-19(16,17)10-3-4-12(11(13)7-10)15-8-5-9(6-8)18-2/h3-4,7-9,14-15H,5-6,13H2,1-2H3. The highest BCUT2D eigenvalue weighted by atomic mass is 32.2. The van der Waals surface area contributed by atoms with Crippen LogP contribution in [-0.2, 0) is 14.8 Å². The number of benzene rings is 1. The van der Waals surface area contributed by atoms with Gasteiger partial charge in [0.1, 0.15) is 0 Å². The summed E-state index contributed by atoms with van der Waals surface area (Å²) in [5.74, 6) is 0. The third-order valence-electron chi connectivity index (χ3n) is 3.39. The molecule has 1 aliphatic carbocycles. The van der Waals surface area contributed by atoms with Crippen LogP contribution < -0.4 is 15.8 Å². The molecule has 4 N–H and O–H groups in total. The minimum Gasteiger partial charge on any atom is -0.397 e. The van der Waals surface area contributed by atoms with Gasteiger partial charge in [0.15, 0.2) is 0 Å². The Morgan fingerprint density at radius 1 is 1.37 bits per heavy atom. The van der Waals surface area contributed by atoms with E-state index in [1.807, 2.05) is 0 Å². The van der Waals surface area contributed by atoms with Gasteiger partial charge in [-0.25, -0.2) is 13.1 Å². The van der Waals surface area contributed by atoms with Crippen molar-refractivity contribution in [3.8, 4) is 0 Å². The van der Waals surface area contributed by atoms with Crippen molar-refractivity contribution in [2.75, 3.05) is 25.2 Å². The Labute approximate surface area is 113 Å². The third kappa shape index (κ3) is 2.99. The van der Waals surface area contributed by atoms with Crippen LogP contribution in [0.3, 0.4) is 0 Å². The number of rotatable bonds is 5. The summed E-state index contributed by atoms with van der Waals surface area (Å²) in [7, 11) is -0.375. The number of anilines is 2. The van der Waals surface area contributed by atoms with E-state index in [4.69, 9.17) is 10.5 Å². The molecule has 0 saturated heterocycles. The zero-order chi connectivity index (χ0) is 14.0. The fourth-order valence-corrected chi connectivity index (χ4v) is 2.82. The first kappa shape index (κ1) is 14.1. The molecule has 1 aromatic rings. The smallest absolute Gasteiger partial charge is 0.240 e. The first-order valence-corrected chi connectivity index (χ1v) is 7.57. The molecule has 1 fully saturated rings. The van der Waals surface area contributed by atoms with E-state index in [0.29, 0.717) is 17.8 Å². The summed E-state index contributed by atoms with van der Waals surface area (Å²) in [6.07, 6.45) is 2.18. The second kappa shape index (κ2) is 5.36. The summed E-state index contributed by atoms with van der Waals surface area (Å²) in [4.78, 5) is 0.168. The molecule has 0 aliphatic heterocycles. The molecule has 0 radical (unpaired) electrons. The minimum atomic E-state index is -3.45. The molecule has 0 bridgehead atoms. The van der Waals surface area contributed by atoms with E-state index in [2.05, 4.69) is 10.0 Å². The summed E-state index contributed by atoms with van der Waals surface area (Å²) in [6, 6.07) is 5.02. The van der Waals surface area contributed by atoms with Crippen LogP contribution >= 0.6 is 0 Å². The van der Waals surface area contributed by atoms with Crippen molar-refractivity contribution < 1.29 is 13.2 Å². The molecule has 19 heavy (non-hydrogen) atoms. The molecule has 7 heteroatoms. The van der Waals surface area contributed by atoms with Gasteiger partial charge in [-0.1, -0.05) is 0 Å². The second-order valence-electron chi connectivity index (χ2n) is 4.63. The van der Waals surface area contributed by atoms with Gasteiger partial charge in [-0.15, -0.1) is 0 Å². The molecule has 106 valence electrons. The molecule has 0 unspecified atom stereocenters. The lowest BCUT2D eigenvalue weighted by atomic mass is 9.89. The molecule has 6 nitrogen and oxygen atoms in total. The van der Waals surface area contributed by atoms with E-state index < -0.39 is 10.0 Å². The SMILES string of the molecule is CNS(=O)(=O)c1ccc(NC2CC(OC)C2)c(N)c1. The van der Waals surface area contributed by atoms with Crippen LogP contribution in [0.1, 0.15) is 12.8 Å². The Hall–Kier alpha value is -1.31. The van der Waals surface area contributed by atoms with Gasteiger partial charge in [-0.05, 0) is 38.1 Å². The monoisotopic (exact) mass is 285 g/mol. The first-order chi connectivity index (χ1) is 8.96. The maximum Gasteiger partial charge on any atom is 0.240 e. The van der Waals surface area contributed by atoms with E-state index >= 15 is 0 Å². The summed E-state index contributed by atoms with van der Waals surface area (Å²) in [5, 5.41) is 3.29. The zero-order valence-corrected chi connectivity index (χ0v) is 11.8. The Morgan fingerprint density at radius 3 is 2.58 bits per heavy atom. The van der Waals surface area contributed by atoms with Crippen LogP contribution in [0.25, 0.3) is 0 Å². The number of hydrogen-bond acceptors (Lipinski definition) is 5. The first-order valence-electron chi connectivity index (χ1n) is 6.08. The highest BCUT2D eigenvalue weighted by Crippen LogP contribution is 2.29. The predicted octanol–water partition coefficient (Wildman–Crippen LogP) is 0.766.